The molecule has 0 spiro atoms. The van der Waals surface area contributed by atoms with Crippen molar-refractivity contribution in [1.82, 2.24) is 10.3 Å². The first-order valence-corrected chi connectivity index (χ1v) is 10.1. The summed E-state index contributed by atoms with van der Waals surface area (Å²) in [7, 11) is 1.60. The van der Waals surface area contributed by atoms with Gasteiger partial charge in [-0.1, -0.05) is 17.8 Å². The van der Waals surface area contributed by atoms with E-state index >= 15 is 0 Å². The highest BCUT2D eigenvalue weighted by molar-refractivity contribution is 7.99. The van der Waals surface area contributed by atoms with Crippen molar-refractivity contribution in [2.75, 3.05) is 20.0 Å². The van der Waals surface area contributed by atoms with Crippen LogP contribution in [0, 0.1) is 30.0 Å². The van der Waals surface area contributed by atoms with Crippen molar-refractivity contribution in [3.63, 3.8) is 0 Å². The number of terminal acetylenes is 1. The molecule has 1 amide bonds. The van der Waals surface area contributed by atoms with Crippen LogP contribution in [0.5, 0.6) is 5.75 Å². The lowest BCUT2D eigenvalue weighted by molar-refractivity contribution is -0.125. The molecule has 152 valence electrons. The highest BCUT2D eigenvalue weighted by atomic mass is 32.2. The average molecular weight is 415 g/mol. The Morgan fingerprint density at radius 3 is 2.83 bits per heavy atom. The highest BCUT2D eigenvalue weighted by Crippen LogP contribution is 2.27. The Bertz CT molecular complexity index is 989. The van der Waals surface area contributed by atoms with Gasteiger partial charge in [0.1, 0.15) is 0 Å². The van der Waals surface area contributed by atoms with Gasteiger partial charge in [-0.05, 0) is 32.2 Å². The summed E-state index contributed by atoms with van der Waals surface area (Å²) in [6.07, 6.45) is 9.16. The van der Waals surface area contributed by atoms with Gasteiger partial charge in [0.25, 0.3) is 5.91 Å². The Labute approximate surface area is 174 Å². The molecule has 1 heterocycles. The summed E-state index contributed by atoms with van der Waals surface area (Å²) in [5, 5.41) is 3.45. The van der Waals surface area contributed by atoms with Gasteiger partial charge in [-0.25, -0.2) is 4.39 Å². The molecule has 0 saturated carbocycles. The van der Waals surface area contributed by atoms with Crippen molar-refractivity contribution in [3.05, 3.63) is 35.8 Å². The molecular formula is C22H23FN2O3S. The maximum Gasteiger partial charge on any atom is 0.272 e. The standard InChI is InChI=1S/C22H23FN2O3S/c1-6-15-11-16-12-19(17(23)13-18(16)24-14-15)28-21(29-5)20(26)25-22(2,3)9-7-8-10-27-4/h1,11-14,21H,8,10H2,2-5H3,(H,25,26). The van der Waals surface area contributed by atoms with Crippen molar-refractivity contribution in [2.24, 2.45) is 0 Å². The third kappa shape index (κ3) is 6.39. The second-order valence-corrected chi connectivity index (χ2v) is 7.59. The SMILES string of the molecule is C#Cc1cnc2cc(F)c(OC(SC)C(=O)NC(C)(C)C#CCCOC)cc2c1. The third-order valence-electron chi connectivity index (χ3n) is 3.83. The lowest BCUT2D eigenvalue weighted by atomic mass is 10.1. The second kappa shape index (κ2) is 10.2. The van der Waals surface area contributed by atoms with E-state index in [2.05, 4.69) is 28.1 Å². The molecule has 1 aromatic heterocycles. The fourth-order valence-electron chi connectivity index (χ4n) is 2.46. The minimum Gasteiger partial charge on any atom is -0.467 e. The van der Waals surface area contributed by atoms with E-state index in [1.165, 1.54) is 18.3 Å². The Morgan fingerprint density at radius 1 is 1.41 bits per heavy atom. The van der Waals surface area contributed by atoms with Crippen LogP contribution in [0.4, 0.5) is 4.39 Å². The van der Waals surface area contributed by atoms with Crippen LogP contribution in [0.15, 0.2) is 24.4 Å². The van der Waals surface area contributed by atoms with E-state index in [1.54, 1.807) is 33.3 Å². The molecule has 2 rings (SSSR count). The number of hydrogen-bond donors (Lipinski definition) is 1. The number of pyridine rings is 1. The molecule has 29 heavy (non-hydrogen) atoms. The summed E-state index contributed by atoms with van der Waals surface area (Å²) >= 11 is 1.15. The van der Waals surface area contributed by atoms with E-state index in [0.29, 0.717) is 29.5 Å². The number of halogens is 1. The van der Waals surface area contributed by atoms with Crippen LogP contribution in [-0.2, 0) is 9.53 Å². The molecule has 0 radical (unpaired) electrons. The molecule has 5 nitrogen and oxygen atoms in total. The highest BCUT2D eigenvalue weighted by Gasteiger charge is 2.26. The van der Waals surface area contributed by atoms with Crippen molar-refractivity contribution in [2.45, 2.75) is 31.2 Å². The molecule has 0 bridgehead atoms. The smallest absolute Gasteiger partial charge is 0.272 e. The second-order valence-electron chi connectivity index (χ2n) is 6.69. The summed E-state index contributed by atoms with van der Waals surface area (Å²) in [4.78, 5) is 16.8. The van der Waals surface area contributed by atoms with Gasteiger partial charge >= 0.3 is 0 Å². The van der Waals surface area contributed by atoms with E-state index in [4.69, 9.17) is 15.9 Å². The first-order chi connectivity index (χ1) is 13.8. The molecule has 0 aliphatic rings. The van der Waals surface area contributed by atoms with Crippen molar-refractivity contribution < 1.29 is 18.7 Å². The Kier molecular flexibility index (Phi) is 7.90. The molecule has 1 unspecified atom stereocenters. The van der Waals surface area contributed by atoms with E-state index in [9.17, 15) is 9.18 Å². The predicted molar refractivity (Wildman–Crippen MR) is 114 cm³/mol. The lowest BCUT2D eigenvalue weighted by Crippen LogP contribution is -2.47. The molecule has 0 aliphatic carbocycles. The number of benzene rings is 1. The molecular weight excluding hydrogens is 391 g/mol. The number of rotatable bonds is 7. The number of fused-ring (bicyclic) bond motifs is 1. The fourth-order valence-corrected chi connectivity index (χ4v) is 2.93. The van der Waals surface area contributed by atoms with Gasteiger partial charge in [0.05, 0.1) is 17.7 Å². The largest absolute Gasteiger partial charge is 0.467 e. The van der Waals surface area contributed by atoms with Crippen LogP contribution >= 0.6 is 11.8 Å². The molecule has 0 fully saturated rings. The van der Waals surface area contributed by atoms with Gasteiger partial charge in [-0.2, -0.15) is 0 Å². The summed E-state index contributed by atoms with van der Waals surface area (Å²) < 4.78 is 25.1. The quantitative estimate of drug-likeness (QED) is 0.428. The number of carbonyl (C=O) groups excluding carboxylic acids is 1. The van der Waals surface area contributed by atoms with Gasteiger partial charge in [0, 0.05) is 36.7 Å². The number of methoxy groups -OCH3 is 1. The van der Waals surface area contributed by atoms with Crippen molar-refractivity contribution in [3.8, 4) is 29.9 Å². The first-order valence-electron chi connectivity index (χ1n) is 8.86. The maximum atomic E-state index is 14.5. The minimum atomic E-state index is -0.953. The monoisotopic (exact) mass is 414 g/mol. The number of thioether (sulfide) groups is 1. The van der Waals surface area contributed by atoms with Crippen molar-refractivity contribution >= 4 is 28.6 Å². The Morgan fingerprint density at radius 2 is 2.17 bits per heavy atom. The van der Waals surface area contributed by atoms with E-state index < -0.39 is 22.7 Å². The zero-order chi connectivity index (χ0) is 21.4. The van der Waals surface area contributed by atoms with Crippen LogP contribution in [0.3, 0.4) is 0 Å². The number of ether oxygens (including phenoxy) is 2. The number of nitrogens with zero attached hydrogens (tertiary/aromatic N) is 1. The van der Waals surface area contributed by atoms with E-state index in [1.807, 2.05) is 0 Å². The molecule has 1 N–H and O–H groups in total. The normalized spacial score (nSPS) is 11.9. The van der Waals surface area contributed by atoms with Crippen LogP contribution in [-0.4, -0.2) is 41.8 Å². The number of hydrogen-bond acceptors (Lipinski definition) is 5. The predicted octanol–water partition coefficient (Wildman–Crippen LogP) is 3.36. The molecule has 2 aromatic rings. The van der Waals surface area contributed by atoms with Gasteiger partial charge in [0.2, 0.25) is 5.44 Å². The topological polar surface area (TPSA) is 60.5 Å². The maximum absolute atomic E-state index is 14.5. The fraction of sp³-hybridized carbons (Fsp3) is 0.364. The van der Waals surface area contributed by atoms with Crippen LogP contribution < -0.4 is 10.1 Å². The zero-order valence-corrected chi connectivity index (χ0v) is 17.7. The molecule has 0 saturated heterocycles. The minimum absolute atomic E-state index is 0.0491. The van der Waals surface area contributed by atoms with Crippen LogP contribution in [0.2, 0.25) is 0 Å². The molecule has 0 aliphatic heterocycles. The summed E-state index contributed by atoms with van der Waals surface area (Å²) in [5.74, 6) is 7.37. The molecule has 7 heteroatoms. The third-order valence-corrected chi connectivity index (χ3v) is 4.57. The number of nitrogens with one attached hydrogen (secondary N) is 1. The zero-order valence-electron chi connectivity index (χ0n) is 16.8. The van der Waals surface area contributed by atoms with Crippen LogP contribution in [0.1, 0.15) is 25.8 Å². The number of carbonyl (C=O) groups is 1. The number of aromatic nitrogens is 1. The Balaban J connectivity index is 2.17. The van der Waals surface area contributed by atoms with E-state index in [0.717, 1.165) is 11.8 Å². The lowest BCUT2D eigenvalue weighted by Gasteiger charge is -2.24. The van der Waals surface area contributed by atoms with Gasteiger partial charge in [-0.3, -0.25) is 9.78 Å². The summed E-state index contributed by atoms with van der Waals surface area (Å²) in [6.45, 7) is 4.09. The summed E-state index contributed by atoms with van der Waals surface area (Å²) in [6, 6.07) is 4.46. The average Bonchev–Trinajstić information content (AvgIpc) is 2.68. The van der Waals surface area contributed by atoms with Gasteiger partial charge in [-0.15, -0.1) is 18.2 Å². The van der Waals surface area contributed by atoms with Crippen LogP contribution in [0.25, 0.3) is 10.9 Å². The summed E-state index contributed by atoms with van der Waals surface area (Å²) in [5.41, 5.74) is -0.698. The molecule has 1 atom stereocenters. The number of amides is 1. The molecule has 1 aromatic carbocycles. The van der Waals surface area contributed by atoms with E-state index in [-0.39, 0.29) is 5.75 Å². The Hall–Kier alpha value is -2.74. The first kappa shape index (κ1) is 22.5. The van der Waals surface area contributed by atoms with Gasteiger partial charge < -0.3 is 14.8 Å². The van der Waals surface area contributed by atoms with Gasteiger partial charge in [0.15, 0.2) is 11.6 Å². The van der Waals surface area contributed by atoms with Crippen molar-refractivity contribution in [1.29, 1.82) is 0 Å².